The monoisotopic (exact) mass is 307 g/mol. The predicted octanol–water partition coefficient (Wildman–Crippen LogP) is 4.53. The summed E-state index contributed by atoms with van der Waals surface area (Å²) in [6, 6.07) is 7.32. The van der Waals surface area contributed by atoms with Gasteiger partial charge in [-0.1, -0.05) is 37.2 Å². The molecule has 0 radical (unpaired) electrons. The first kappa shape index (κ1) is 15.2. The zero-order valence-electron chi connectivity index (χ0n) is 11.7. The highest BCUT2D eigenvalue weighted by atomic mass is 35.5. The second-order valence-corrected chi connectivity index (χ2v) is 6.42. The van der Waals surface area contributed by atoms with Crippen molar-refractivity contribution in [2.24, 2.45) is 10.4 Å². The number of nitrogens with zero attached hydrogens (tertiary/aromatic N) is 2. The SMILES string of the molecule is CCC1(CC)CN=C(Nc2cc(C#N)ccc2Cl)SC1. The van der Waals surface area contributed by atoms with Gasteiger partial charge in [0.25, 0.3) is 0 Å². The Morgan fingerprint density at radius 1 is 1.45 bits per heavy atom. The number of nitriles is 1. The van der Waals surface area contributed by atoms with Crippen LogP contribution >= 0.6 is 23.4 Å². The number of nitrogens with one attached hydrogen (secondary N) is 1. The second kappa shape index (κ2) is 6.51. The van der Waals surface area contributed by atoms with Gasteiger partial charge in [-0.15, -0.1) is 0 Å². The molecule has 1 aromatic carbocycles. The fourth-order valence-electron chi connectivity index (χ4n) is 2.11. The molecule has 1 aliphatic heterocycles. The summed E-state index contributed by atoms with van der Waals surface area (Å²) >= 11 is 7.88. The standard InChI is InChI=1S/C15H18ClN3S/c1-3-15(4-2)9-18-14(20-10-15)19-13-7-11(8-17)5-6-12(13)16/h5-7H,3-4,9-10H2,1-2H3,(H,18,19). The van der Waals surface area contributed by atoms with Gasteiger partial charge < -0.3 is 5.32 Å². The van der Waals surface area contributed by atoms with E-state index in [4.69, 9.17) is 16.9 Å². The van der Waals surface area contributed by atoms with Gasteiger partial charge in [0.2, 0.25) is 0 Å². The van der Waals surface area contributed by atoms with Gasteiger partial charge in [0.05, 0.1) is 22.3 Å². The van der Waals surface area contributed by atoms with Crippen molar-refractivity contribution in [3.8, 4) is 6.07 Å². The molecule has 1 aromatic rings. The van der Waals surface area contributed by atoms with Gasteiger partial charge in [0.1, 0.15) is 0 Å². The molecule has 20 heavy (non-hydrogen) atoms. The normalized spacial score (nSPS) is 17.2. The minimum absolute atomic E-state index is 0.328. The van der Waals surface area contributed by atoms with Crippen LogP contribution in [0.3, 0.4) is 0 Å². The molecule has 106 valence electrons. The van der Waals surface area contributed by atoms with Gasteiger partial charge in [-0.05, 0) is 36.5 Å². The first-order valence-electron chi connectivity index (χ1n) is 6.76. The minimum Gasteiger partial charge on any atom is -0.334 e. The van der Waals surface area contributed by atoms with E-state index in [2.05, 4.69) is 30.2 Å². The Hall–Kier alpha value is -1.18. The highest BCUT2D eigenvalue weighted by molar-refractivity contribution is 8.14. The molecule has 0 unspecified atom stereocenters. The number of thioether (sulfide) groups is 1. The number of anilines is 1. The lowest BCUT2D eigenvalue weighted by Crippen LogP contribution is -2.32. The molecular weight excluding hydrogens is 290 g/mol. The van der Waals surface area contributed by atoms with Crippen molar-refractivity contribution in [2.75, 3.05) is 17.6 Å². The minimum atomic E-state index is 0.328. The van der Waals surface area contributed by atoms with Crippen molar-refractivity contribution in [3.05, 3.63) is 28.8 Å². The van der Waals surface area contributed by atoms with Gasteiger partial charge in [-0.2, -0.15) is 5.26 Å². The lowest BCUT2D eigenvalue weighted by Gasteiger charge is -2.33. The van der Waals surface area contributed by atoms with Gasteiger partial charge in [-0.25, -0.2) is 0 Å². The molecule has 5 heteroatoms. The third-order valence-electron chi connectivity index (χ3n) is 3.91. The summed E-state index contributed by atoms with van der Waals surface area (Å²) < 4.78 is 0. The first-order valence-corrected chi connectivity index (χ1v) is 8.13. The molecular formula is C15H18ClN3S. The average molecular weight is 308 g/mol. The molecule has 0 aliphatic carbocycles. The summed E-state index contributed by atoms with van der Waals surface area (Å²) in [4.78, 5) is 4.64. The Balaban J connectivity index is 2.13. The van der Waals surface area contributed by atoms with Crippen molar-refractivity contribution in [2.45, 2.75) is 26.7 Å². The molecule has 1 aliphatic rings. The van der Waals surface area contributed by atoms with E-state index in [-0.39, 0.29) is 0 Å². The third kappa shape index (κ3) is 3.28. The van der Waals surface area contributed by atoms with Crippen molar-refractivity contribution in [1.82, 2.24) is 0 Å². The Morgan fingerprint density at radius 3 is 2.75 bits per heavy atom. The van der Waals surface area contributed by atoms with E-state index < -0.39 is 0 Å². The molecule has 1 N–H and O–H groups in total. The van der Waals surface area contributed by atoms with E-state index in [1.54, 1.807) is 30.0 Å². The van der Waals surface area contributed by atoms with E-state index in [0.717, 1.165) is 36.0 Å². The number of aliphatic imine (C=N–C) groups is 1. The van der Waals surface area contributed by atoms with Crippen LogP contribution in [0.5, 0.6) is 0 Å². The van der Waals surface area contributed by atoms with Gasteiger partial charge in [0.15, 0.2) is 5.17 Å². The number of hydrogen-bond donors (Lipinski definition) is 1. The summed E-state index contributed by atoms with van der Waals surface area (Å²) in [6.07, 6.45) is 2.30. The molecule has 0 saturated heterocycles. The smallest absolute Gasteiger partial charge is 0.161 e. The lowest BCUT2D eigenvalue weighted by atomic mass is 9.84. The van der Waals surface area contributed by atoms with Gasteiger partial charge in [-0.3, -0.25) is 4.99 Å². The molecule has 0 amide bonds. The van der Waals surface area contributed by atoms with Crippen LogP contribution in [0.1, 0.15) is 32.3 Å². The van der Waals surface area contributed by atoms with Crippen LogP contribution in [0.2, 0.25) is 5.02 Å². The molecule has 0 fully saturated rings. The Morgan fingerprint density at radius 2 is 2.20 bits per heavy atom. The van der Waals surface area contributed by atoms with Gasteiger partial charge in [0, 0.05) is 12.3 Å². The van der Waals surface area contributed by atoms with E-state index >= 15 is 0 Å². The van der Waals surface area contributed by atoms with Gasteiger partial charge >= 0.3 is 0 Å². The predicted molar refractivity (Wildman–Crippen MR) is 87.6 cm³/mol. The zero-order chi connectivity index (χ0) is 14.6. The number of hydrogen-bond acceptors (Lipinski definition) is 4. The van der Waals surface area contributed by atoms with Crippen molar-refractivity contribution >= 4 is 34.2 Å². The van der Waals surface area contributed by atoms with E-state index in [1.807, 2.05) is 0 Å². The summed E-state index contributed by atoms with van der Waals surface area (Å²) in [7, 11) is 0. The maximum atomic E-state index is 8.93. The quantitative estimate of drug-likeness (QED) is 0.892. The van der Waals surface area contributed by atoms with Crippen LogP contribution in [0, 0.1) is 16.7 Å². The van der Waals surface area contributed by atoms with E-state index in [9.17, 15) is 0 Å². The lowest BCUT2D eigenvalue weighted by molar-refractivity contribution is 0.318. The summed E-state index contributed by atoms with van der Waals surface area (Å²) in [5, 5.41) is 13.7. The summed E-state index contributed by atoms with van der Waals surface area (Å²) in [5.41, 5.74) is 1.67. The third-order valence-corrected chi connectivity index (χ3v) is 5.50. The fourth-order valence-corrected chi connectivity index (χ4v) is 3.56. The summed E-state index contributed by atoms with van der Waals surface area (Å²) in [6.45, 7) is 5.31. The molecule has 1 heterocycles. The second-order valence-electron chi connectivity index (χ2n) is 5.05. The van der Waals surface area contributed by atoms with Crippen molar-refractivity contribution in [3.63, 3.8) is 0 Å². The number of amidine groups is 1. The number of rotatable bonds is 3. The van der Waals surface area contributed by atoms with Crippen LogP contribution < -0.4 is 5.32 Å². The maximum Gasteiger partial charge on any atom is 0.161 e. The van der Waals surface area contributed by atoms with Crippen LogP contribution in [0.4, 0.5) is 5.69 Å². The molecule has 0 saturated carbocycles. The molecule has 0 aromatic heterocycles. The Labute approximate surface area is 129 Å². The van der Waals surface area contributed by atoms with Crippen LogP contribution in [0.15, 0.2) is 23.2 Å². The molecule has 0 bridgehead atoms. The van der Waals surface area contributed by atoms with E-state index in [1.165, 1.54) is 0 Å². The average Bonchev–Trinajstić information content (AvgIpc) is 2.50. The molecule has 0 spiro atoms. The van der Waals surface area contributed by atoms with Crippen molar-refractivity contribution < 1.29 is 0 Å². The van der Waals surface area contributed by atoms with Crippen LogP contribution in [0.25, 0.3) is 0 Å². The largest absolute Gasteiger partial charge is 0.334 e. The highest BCUT2D eigenvalue weighted by Gasteiger charge is 2.30. The molecule has 2 rings (SSSR count). The summed E-state index contributed by atoms with van der Waals surface area (Å²) in [5.74, 6) is 1.07. The highest BCUT2D eigenvalue weighted by Crippen LogP contribution is 2.36. The topological polar surface area (TPSA) is 48.2 Å². The molecule has 0 atom stereocenters. The fraction of sp³-hybridized carbons (Fsp3) is 0.467. The van der Waals surface area contributed by atoms with Crippen molar-refractivity contribution in [1.29, 1.82) is 5.26 Å². The van der Waals surface area contributed by atoms with Crippen LogP contribution in [-0.4, -0.2) is 17.5 Å². The number of halogens is 1. The zero-order valence-corrected chi connectivity index (χ0v) is 13.3. The number of benzene rings is 1. The Kier molecular flexibility index (Phi) is 4.95. The van der Waals surface area contributed by atoms with Crippen LogP contribution in [-0.2, 0) is 0 Å². The maximum absolute atomic E-state index is 8.93. The molecule has 3 nitrogen and oxygen atoms in total. The first-order chi connectivity index (χ1) is 9.62. The van der Waals surface area contributed by atoms with E-state index in [0.29, 0.717) is 16.0 Å². The Bertz CT molecular complexity index is 559.